The Kier molecular flexibility index (Phi) is 5.40. The van der Waals surface area contributed by atoms with Gasteiger partial charge in [0.1, 0.15) is 0 Å². The van der Waals surface area contributed by atoms with Gasteiger partial charge < -0.3 is 9.73 Å². The molecular weight excluding hydrogens is 384 g/mol. The highest BCUT2D eigenvalue weighted by atomic mass is 32.1. The highest BCUT2D eigenvalue weighted by molar-refractivity contribution is 7.80. The first kappa shape index (κ1) is 18.5. The number of carbonyl (C=O) groups excluding carboxylic acids is 1. The van der Waals surface area contributed by atoms with Crippen LogP contribution < -0.4 is 10.6 Å². The zero-order valence-electron chi connectivity index (χ0n) is 15.2. The van der Waals surface area contributed by atoms with Gasteiger partial charge in [0, 0.05) is 23.5 Å². The van der Waals surface area contributed by atoms with Crippen molar-refractivity contribution in [3.63, 3.8) is 0 Å². The van der Waals surface area contributed by atoms with Gasteiger partial charge >= 0.3 is 0 Å². The first-order valence-electron chi connectivity index (χ1n) is 8.84. The van der Waals surface area contributed by atoms with Gasteiger partial charge in [0.15, 0.2) is 16.3 Å². The molecule has 7 heteroatoms. The van der Waals surface area contributed by atoms with E-state index in [1.54, 1.807) is 18.3 Å². The molecule has 142 valence electrons. The standard InChI is InChI=1S/C22H16N4O2S/c27-19(12-11-15-6-2-1-3-7-15)25-22(29)24-17-9-4-8-16(14-17)21-26-20-18(28-21)10-5-13-23-20/h1-14H,(H2,24,25,27,29). The van der Waals surface area contributed by atoms with Crippen LogP contribution in [0.3, 0.4) is 0 Å². The van der Waals surface area contributed by atoms with Crippen LogP contribution in [-0.4, -0.2) is 21.0 Å². The van der Waals surface area contributed by atoms with Crippen LogP contribution >= 0.6 is 12.2 Å². The van der Waals surface area contributed by atoms with E-state index in [-0.39, 0.29) is 11.0 Å². The number of anilines is 1. The lowest BCUT2D eigenvalue weighted by Gasteiger charge is -2.08. The first-order valence-corrected chi connectivity index (χ1v) is 9.25. The van der Waals surface area contributed by atoms with E-state index in [1.165, 1.54) is 6.08 Å². The van der Waals surface area contributed by atoms with Crippen LogP contribution in [0.4, 0.5) is 5.69 Å². The number of aromatic nitrogens is 2. The van der Waals surface area contributed by atoms with Gasteiger partial charge in [-0.1, -0.05) is 36.4 Å². The van der Waals surface area contributed by atoms with Gasteiger partial charge in [0.2, 0.25) is 11.8 Å². The van der Waals surface area contributed by atoms with E-state index in [9.17, 15) is 4.79 Å². The first-order chi connectivity index (χ1) is 14.2. The molecule has 4 aromatic rings. The summed E-state index contributed by atoms with van der Waals surface area (Å²) in [7, 11) is 0. The van der Waals surface area contributed by atoms with Gasteiger partial charge in [0.25, 0.3) is 0 Å². The Morgan fingerprint density at radius 2 is 1.90 bits per heavy atom. The molecule has 0 saturated carbocycles. The number of hydrogen-bond acceptors (Lipinski definition) is 5. The summed E-state index contributed by atoms with van der Waals surface area (Å²) in [6, 6.07) is 20.6. The molecule has 0 aliphatic heterocycles. The lowest BCUT2D eigenvalue weighted by atomic mass is 10.2. The van der Waals surface area contributed by atoms with Gasteiger partial charge in [0.05, 0.1) is 0 Å². The van der Waals surface area contributed by atoms with Crippen molar-refractivity contribution in [3.8, 4) is 11.5 Å². The largest absolute Gasteiger partial charge is 0.434 e. The summed E-state index contributed by atoms with van der Waals surface area (Å²) < 4.78 is 5.74. The molecule has 2 aromatic carbocycles. The van der Waals surface area contributed by atoms with E-state index in [1.807, 2.05) is 60.7 Å². The number of fused-ring (bicyclic) bond motifs is 1. The maximum absolute atomic E-state index is 12.0. The van der Waals surface area contributed by atoms with Crippen LogP contribution in [0.1, 0.15) is 5.56 Å². The number of nitrogens with zero attached hydrogens (tertiary/aromatic N) is 2. The minimum absolute atomic E-state index is 0.198. The van der Waals surface area contributed by atoms with E-state index >= 15 is 0 Å². The molecule has 0 radical (unpaired) electrons. The fraction of sp³-hybridized carbons (Fsp3) is 0. The molecule has 0 spiro atoms. The Hall–Kier alpha value is -3.84. The van der Waals surface area contributed by atoms with Crippen molar-refractivity contribution < 1.29 is 9.21 Å². The fourth-order valence-electron chi connectivity index (χ4n) is 2.67. The van der Waals surface area contributed by atoms with Crippen molar-refractivity contribution in [3.05, 3.63) is 84.6 Å². The number of oxazole rings is 1. The number of rotatable bonds is 4. The maximum atomic E-state index is 12.0. The number of thiocarbonyl (C=S) groups is 1. The van der Waals surface area contributed by atoms with Crippen LogP contribution in [0, 0.1) is 0 Å². The van der Waals surface area contributed by atoms with Crippen molar-refractivity contribution in [2.24, 2.45) is 0 Å². The van der Waals surface area contributed by atoms with E-state index in [0.29, 0.717) is 22.8 Å². The molecular formula is C22H16N4O2S. The number of pyridine rings is 1. The van der Waals surface area contributed by atoms with Gasteiger partial charge in [-0.25, -0.2) is 4.98 Å². The lowest BCUT2D eigenvalue weighted by molar-refractivity contribution is -0.115. The van der Waals surface area contributed by atoms with Gasteiger partial charge in [-0.05, 0) is 54.2 Å². The quantitative estimate of drug-likeness (QED) is 0.390. The van der Waals surface area contributed by atoms with Crippen molar-refractivity contribution in [2.75, 3.05) is 5.32 Å². The second-order valence-electron chi connectivity index (χ2n) is 6.11. The number of nitrogens with one attached hydrogen (secondary N) is 2. The Balaban J connectivity index is 1.41. The van der Waals surface area contributed by atoms with E-state index in [4.69, 9.17) is 16.6 Å². The summed E-state index contributed by atoms with van der Waals surface area (Å²) in [5.74, 6) is 0.149. The topological polar surface area (TPSA) is 80.0 Å². The van der Waals surface area contributed by atoms with Crippen molar-refractivity contribution in [1.82, 2.24) is 15.3 Å². The Bertz CT molecular complexity index is 1170. The molecule has 0 saturated heterocycles. The van der Waals surface area contributed by atoms with Crippen LogP contribution in [0.2, 0.25) is 0 Å². The molecule has 6 nitrogen and oxygen atoms in total. The molecule has 0 aliphatic carbocycles. The van der Waals surface area contributed by atoms with E-state index in [0.717, 1.165) is 11.1 Å². The summed E-state index contributed by atoms with van der Waals surface area (Å²) in [4.78, 5) is 20.6. The molecule has 0 aliphatic rings. The van der Waals surface area contributed by atoms with Crippen molar-refractivity contribution >= 4 is 46.2 Å². The third kappa shape index (κ3) is 4.72. The molecule has 2 aromatic heterocycles. The fourth-order valence-corrected chi connectivity index (χ4v) is 2.89. The summed E-state index contributed by atoms with van der Waals surface area (Å²) >= 11 is 5.23. The van der Waals surface area contributed by atoms with Gasteiger partial charge in [-0.3, -0.25) is 10.1 Å². The molecule has 0 bridgehead atoms. The Morgan fingerprint density at radius 1 is 1.03 bits per heavy atom. The number of hydrogen-bond donors (Lipinski definition) is 2. The van der Waals surface area contributed by atoms with Crippen LogP contribution in [0.15, 0.2) is 83.4 Å². The average Bonchev–Trinajstić information content (AvgIpc) is 3.17. The van der Waals surface area contributed by atoms with Crippen LogP contribution in [0.5, 0.6) is 0 Å². The molecule has 1 amide bonds. The smallest absolute Gasteiger partial charge is 0.250 e. The zero-order chi connectivity index (χ0) is 20.1. The predicted molar refractivity (Wildman–Crippen MR) is 117 cm³/mol. The average molecular weight is 400 g/mol. The highest BCUT2D eigenvalue weighted by Crippen LogP contribution is 2.25. The molecule has 2 N–H and O–H groups in total. The third-order valence-electron chi connectivity index (χ3n) is 4.00. The number of carbonyl (C=O) groups is 1. The summed E-state index contributed by atoms with van der Waals surface area (Å²) in [5, 5.41) is 5.82. The summed E-state index contributed by atoms with van der Waals surface area (Å²) in [6.07, 6.45) is 4.82. The molecule has 0 atom stereocenters. The SMILES string of the molecule is O=C(C=Cc1ccccc1)NC(=S)Nc1cccc(-c2nc3ncccc3o2)c1. The van der Waals surface area contributed by atoms with Crippen LogP contribution in [0.25, 0.3) is 28.8 Å². The third-order valence-corrected chi connectivity index (χ3v) is 4.20. The van der Waals surface area contributed by atoms with Crippen molar-refractivity contribution in [1.29, 1.82) is 0 Å². The summed E-state index contributed by atoms with van der Waals surface area (Å²) in [6.45, 7) is 0. The van der Waals surface area contributed by atoms with E-state index < -0.39 is 0 Å². The second kappa shape index (κ2) is 8.45. The normalized spacial score (nSPS) is 10.9. The number of benzene rings is 2. The Labute approximate surface area is 172 Å². The monoisotopic (exact) mass is 400 g/mol. The van der Waals surface area contributed by atoms with Gasteiger partial charge in [-0.15, -0.1) is 0 Å². The van der Waals surface area contributed by atoms with Crippen LogP contribution in [-0.2, 0) is 4.79 Å². The molecule has 0 unspecified atom stereocenters. The molecule has 4 rings (SSSR count). The summed E-state index contributed by atoms with van der Waals surface area (Å²) in [5.41, 5.74) is 3.57. The molecule has 2 heterocycles. The van der Waals surface area contributed by atoms with Gasteiger partial charge in [-0.2, -0.15) is 4.98 Å². The second-order valence-corrected chi connectivity index (χ2v) is 6.52. The van der Waals surface area contributed by atoms with E-state index in [2.05, 4.69) is 20.6 Å². The highest BCUT2D eigenvalue weighted by Gasteiger charge is 2.10. The lowest BCUT2D eigenvalue weighted by Crippen LogP contribution is -2.32. The predicted octanol–water partition coefficient (Wildman–Crippen LogP) is 4.42. The van der Waals surface area contributed by atoms with Crippen molar-refractivity contribution in [2.45, 2.75) is 0 Å². The maximum Gasteiger partial charge on any atom is 0.250 e. The Morgan fingerprint density at radius 3 is 2.72 bits per heavy atom. The molecule has 0 fully saturated rings. The minimum atomic E-state index is -0.312. The molecule has 29 heavy (non-hydrogen) atoms. The zero-order valence-corrected chi connectivity index (χ0v) is 16.0. The number of amides is 1. The minimum Gasteiger partial charge on any atom is -0.434 e.